The molecule has 0 saturated carbocycles. The minimum atomic E-state index is -0.882. The smallest absolute Gasteiger partial charge is 0.283 e. The van der Waals surface area contributed by atoms with Crippen molar-refractivity contribution in [1.29, 1.82) is 0 Å². The van der Waals surface area contributed by atoms with Crippen LogP contribution in [0.3, 0.4) is 0 Å². The highest BCUT2D eigenvalue weighted by Crippen LogP contribution is 2.26. The van der Waals surface area contributed by atoms with Crippen LogP contribution < -0.4 is 0 Å². The van der Waals surface area contributed by atoms with Gasteiger partial charge < -0.3 is 14.4 Å². The molecule has 144 valence electrons. The molecule has 8 heteroatoms. The highest BCUT2D eigenvalue weighted by atomic mass is 32.1. The maximum atomic E-state index is 14.1. The summed E-state index contributed by atoms with van der Waals surface area (Å²) in [6, 6.07) is 6.81. The molecule has 3 heterocycles. The molecule has 1 unspecified atom stereocenters. The van der Waals surface area contributed by atoms with Crippen LogP contribution in [0.2, 0.25) is 0 Å². The van der Waals surface area contributed by atoms with Crippen molar-refractivity contribution in [3.63, 3.8) is 0 Å². The second-order valence-corrected chi connectivity index (χ2v) is 7.72. The first-order valence-corrected chi connectivity index (χ1v) is 9.96. The first-order chi connectivity index (χ1) is 13.2. The normalized spacial score (nSPS) is 24.1. The van der Waals surface area contributed by atoms with Gasteiger partial charge in [0.15, 0.2) is 10.8 Å². The zero-order chi connectivity index (χ0) is 18.7. The van der Waals surface area contributed by atoms with Crippen molar-refractivity contribution in [3.05, 3.63) is 52.2 Å². The predicted octanol–water partition coefficient (Wildman–Crippen LogP) is 2.37. The van der Waals surface area contributed by atoms with Crippen LogP contribution in [0.5, 0.6) is 0 Å². The van der Waals surface area contributed by atoms with Crippen molar-refractivity contribution in [3.8, 4) is 0 Å². The summed E-state index contributed by atoms with van der Waals surface area (Å²) in [5.41, 5.74) is 0.654. The molecule has 1 aromatic carbocycles. The predicted molar refractivity (Wildman–Crippen MR) is 98.9 cm³/mol. The van der Waals surface area contributed by atoms with E-state index in [9.17, 15) is 9.18 Å². The lowest BCUT2D eigenvalue weighted by atomic mass is 10.1. The molecule has 6 nitrogen and oxygen atoms in total. The SMILES string of the molecule is O=C(c1nccs1)N1CCOC2(CN(Cc3ccccc3F)CCCO2)C1. The third kappa shape index (κ3) is 4.19. The quantitative estimate of drug-likeness (QED) is 0.804. The Kier molecular flexibility index (Phi) is 5.49. The van der Waals surface area contributed by atoms with E-state index in [4.69, 9.17) is 9.47 Å². The molecule has 1 spiro atoms. The Hall–Kier alpha value is -1.87. The molecule has 1 atom stereocenters. The summed E-state index contributed by atoms with van der Waals surface area (Å²) < 4.78 is 26.1. The monoisotopic (exact) mass is 391 g/mol. The van der Waals surface area contributed by atoms with Crippen LogP contribution >= 0.6 is 11.3 Å². The van der Waals surface area contributed by atoms with Gasteiger partial charge in [0.2, 0.25) is 0 Å². The number of hydrogen-bond acceptors (Lipinski definition) is 6. The van der Waals surface area contributed by atoms with Crippen LogP contribution in [0.15, 0.2) is 35.8 Å². The number of amides is 1. The van der Waals surface area contributed by atoms with E-state index in [0.717, 1.165) is 13.0 Å². The average Bonchev–Trinajstić information content (AvgIpc) is 3.15. The van der Waals surface area contributed by atoms with Crippen molar-refractivity contribution in [1.82, 2.24) is 14.8 Å². The molecule has 0 bridgehead atoms. The number of rotatable bonds is 3. The van der Waals surface area contributed by atoms with Gasteiger partial charge >= 0.3 is 0 Å². The van der Waals surface area contributed by atoms with Crippen LogP contribution in [0, 0.1) is 5.82 Å². The number of halogens is 1. The maximum absolute atomic E-state index is 14.1. The van der Waals surface area contributed by atoms with Gasteiger partial charge in [-0.05, 0) is 12.5 Å². The topological polar surface area (TPSA) is 54.9 Å². The van der Waals surface area contributed by atoms with Gasteiger partial charge in [0.1, 0.15) is 5.82 Å². The molecule has 4 rings (SSSR count). The molecule has 0 N–H and O–H groups in total. The summed E-state index contributed by atoms with van der Waals surface area (Å²) in [4.78, 5) is 20.7. The fourth-order valence-corrected chi connectivity index (χ4v) is 4.19. The van der Waals surface area contributed by atoms with Crippen molar-refractivity contribution >= 4 is 17.2 Å². The van der Waals surface area contributed by atoms with E-state index in [2.05, 4.69) is 9.88 Å². The van der Waals surface area contributed by atoms with Gasteiger partial charge in [0.05, 0.1) is 26.3 Å². The summed E-state index contributed by atoms with van der Waals surface area (Å²) in [6.07, 6.45) is 2.46. The van der Waals surface area contributed by atoms with Gasteiger partial charge in [-0.15, -0.1) is 11.3 Å². The Labute approximate surface area is 161 Å². The number of carbonyl (C=O) groups is 1. The van der Waals surface area contributed by atoms with Crippen molar-refractivity contribution < 1.29 is 18.7 Å². The number of nitrogens with zero attached hydrogens (tertiary/aromatic N) is 3. The summed E-state index contributed by atoms with van der Waals surface area (Å²) in [5.74, 6) is -1.18. The molecule has 27 heavy (non-hydrogen) atoms. The molecular formula is C19H22FN3O3S. The molecule has 2 saturated heterocycles. The number of morpholine rings is 1. The van der Waals surface area contributed by atoms with E-state index in [-0.39, 0.29) is 11.7 Å². The third-order valence-electron chi connectivity index (χ3n) is 4.86. The number of benzene rings is 1. The van der Waals surface area contributed by atoms with Crippen molar-refractivity contribution in [2.45, 2.75) is 18.8 Å². The zero-order valence-electron chi connectivity index (χ0n) is 15.0. The van der Waals surface area contributed by atoms with E-state index in [1.807, 2.05) is 6.07 Å². The van der Waals surface area contributed by atoms with Gasteiger partial charge in [-0.1, -0.05) is 18.2 Å². The van der Waals surface area contributed by atoms with Gasteiger partial charge in [-0.2, -0.15) is 0 Å². The number of thiazole rings is 1. The lowest BCUT2D eigenvalue weighted by Crippen LogP contribution is -2.59. The van der Waals surface area contributed by atoms with Crippen molar-refractivity contribution in [2.75, 3.05) is 39.4 Å². The average molecular weight is 391 g/mol. The van der Waals surface area contributed by atoms with Crippen LogP contribution in [-0.2, 0) is 16.0 Å². The fraction of sp³-hybridized carbons (Fsp3) is 0.474. The Bertz CT molecular complexity index is 788. The van der Waals surface area contributed by atoms with Gasteiger partial charge in [0, 0.05) is 36.8 Å². The standard InChI is InChI=1S/C19H22FN3O3S/c20-16-5-2-1-4-15(16)12-22-7-3-9-25-19(13-22)14-23(8-10-26-19)18(24)17-21-6-11-27-17/h1-2,4-6,11H,3,7-10,12-14H2. The Morgan fingerprint density at radius 2 is 2.07 bits per heavy atom. The van der Waals surface area contributed by atoms with E-state index >= 15 is 0 Å². The number of carbonyl (C=O) groups excluding carboxylic acids is 1. The van der Waals surface area contributed by atoms with Crippen LogP contribution in [0.4, 0.5) is 4.39 Å². The van der Waals surface area contributed by atoms with E-state index < -0.39 is 5.79 Å². The van der Waals surface area contributed by atoms with Crippen LogP contribution in [-0.4, -0.2) is 65.9 Å². The first kappa shape index (κ1) is 18.5. The summed E-state index contributed by atoms with van der Waals surface area (Å²) in [7, 11) is 0. The summed E-state index contributed by atoms with van der Waals surface area (Å²) in [5, 5.41) is 2.27. The molecule has 2 aromatic rings. The molecule has 1 amide bonds. The van der Waals surface area contributed by atoms with E-state index in [0.29, 0.717) is 50.0 Å². The Morgan fingerprint density at radius 3 is 2.89 bits per heavy atom. The largest absolute Gasteiger partial charge is 0.347 e. The molecular weight excluding hydrogens is 369 g/mol. The van der Waals surface area contributed by atoms with Gasteiger partial charge in [0.25, 0.3) is 5.91 Å². The molecule has 0 radical (unpaired) electrons. The van der Waals surface area contributed by atoms with Crippen LogP contribution in [0.25, 0.3) is 0 Å². The lowest BCUT2D eigenvalue weighted by Gasteiger charge is -2.43. The maximum Gasteiger partial charge on any atom is 0.283 e. The Morgan fingerprint density at radius 1 is 1.22 bits per heavy atom. The zero-order valence-corrected chi connectivity index (χ0v) is 15.8. The number of hydrogen-bond donors (Lipinski definition) is 0. The van der Waals surface area contributed by atoms with E-state index in [1.54, 1.807) is 28.6 Å². The second-order valence-electron chi connectivity index (χ2n) is 6.83. The third-order valence-corrected chi connectivity index (χ3v) is 5.62. The first-order valence-electron chi connectivity index (χ1n) is 9.08. The lowest BCUT2D eigenvalue weighted by molar-refractivity contribution is -0.261. The van der Waals surface area contributed by atoms with Gasteiger partial charge in [-0.3, -0.25) is 9.69 Å². The second kappa shape index (κ2) is 8.02. The highest BCUT2D eigenvalue weighted by Gasteiger charge is 2.42. The van der Waals surface area contributed by atoms with Crippen molar-refractivity contribution in [2.24, 2.45) is 0 Å². The van der Waals surface area contributed by atoms with Crippen LogP contribution in [0.1, 0.15) is 21.8 Å². The molecule has 1 aromatic heterocycles. The summed E-state index contributed by atoms with van der Waals surface area (Å²) >= 11 is 1.33. The Balaban J connectivity index is 1.49. The van der Waals surface area contributed by atoms with Gasteiger partial charge in [-0.25, -0.2) is 9.37 Å². The minimum absolute atomic E-state index is 0.0961. The highest BCUT2D eigenvalue weighted by molar-refractivity contribution is 7.11. The number of aromatic nitrogens is 1. The molecule has 2 aliphatic rings. The fourth-order valence-electron chi connectivity index (χ4n) is 3.59. The molecule has 0 aliphatic carbocycles. The molecule has 2 aliphatic heterocycles. The minimum Gasteiger partial charge on any atom is -0.347 e. The molecule has 2 fully saturated rings. The van der Waals surface area contributed by atoms with E-state index in [1.165, 1.54) is 17.4 Å². The summed E-state index contributed by atoms with van der Waals surface area (Å²) in [6.45, 7) is 3.58. The number of ether oxygens (including phenoxy) is 2.